The maximum Gasteiger partial charge on any atom is 0.115 e. The maximum absolute atomic E-state index is 5.79. The third-order valence-electron chi connectivity index (χ3n) is 3.08. The minimum absolute atomic E-state index is 0.102. The largest absolute Gasteiger partial charge is 0.496 e. The predicted octanol–water partition coefficient (Wildman–Crippen LogP) is 3.13. The van der Waals surface area contributed by atoms with E-state index in [1.165, 1.54) is 5.56 Å². The highest BCUT2D eigenvalue weighted by atomic mass is 16.5. The van der Waals surface area contributed by atoms with Crippen molar-refractivity contribution in [1.82, 2.24) is 10.3 Å². The number of hydrogen-bond donors (Lipinski definition) is 1. The number of aryl methyl sites for hydroxylation is 1. The summed E-state index contributed by atoms with van der Waals surface area (Å²) in [5.41, 5.74) is 2.29. The Balaban J connectivity index is 2.21. The second kappa shape index (κ2) is 6.55. The first-order valence-corrected chi connectivity index (χ1v) is 6.80. The molecule has 1 aliphatic rings. The second-order valence-electron chi connectivity index (χ2n) is 4.74. The van der Waals surface area contributed by atoms with Crippen LogP contribution >= 0.6 is 0 Å². The Hall–Kier alpha value is -1.35. The number of nitrogens with one attached hydrogen (secondary N) is 1. The van der Waals surface area contributed by atoms with Crippen LogP contribution in [-0.2, 0) is 4.74 Å². The van der Waals surface area contributed by atoms with E-state index < -0.39 is 0 Å². The van der Waals surface area contributed by atoms with Gasteiger partial charge in [-0.2, -0.15) is 0 Å². The van der Waals surface area contributed by atoms with Crippen LogP contribution < -0.4 is 5.32 Å². The molecular weight excluding hydrogens is 224 g/mol. The maximum atomic E-state index is 5.79. The summed E-state index contributed by atoms with van der Waals surface area (Å²) in [5, 5.41) is 3.53. The van der Waals surface area contributed by atoms with Gasteiger partial charge in [-0.3, -0.25) is 4.98 Å². The van der Waals surface area contributed by atoms with E-state index in [0.29, 0.717) is 0 Å². The highest BCUT2D eigenvalue weighted by Gasteiger charge is 2.20. The van der Waals surface area contributed by atoms with Crippen molar-refractivity contribution >= 4 is 0 Å². The van der Waals surface area contributed by atoms with Crippen molar-refractivity contribution < 1.29 is 4.74 Å². The normalized spacial score (nSPS) is 16.9. The lowest BCUT2D eigenvalue weighted by Crippen LogP contribution is -2.27. The summed E-state index contributed by atoms with van der Waals surface area (Å²) in [6, 6.07) is 4.26. The average Bonchev–Trinajstić information content (AvgIpc) is 2.40. The van der Waals surface area contributed by atoms with E-state index in [2.05, 4.69) is 36.3 Å². The first-order chi connectivity index (χ1) is 8.81. The van der Waals surface area contributed by atoms with Crippen molar-refractivity contribution in [3.63, 3.8) is 0 Å². The zero-order valence-corrected chi connectivity index (χ0v) is 11.3. The van der Waals surface area contributed by atoms with Gasteiger partial charge in [0, 0.05) is 6.20 Å². The Morgan fingerprint density at radius 1 is 1.50 bits per heavy atom. The average molecular weight is 246 g/mol. The monoisotopic (exact) mass is 246 g/mol. The number of nitrogens with zero attached hydrogens (tertiary/aromatic N) is 1. The summed E-state index contributed by atoms with van der Waals surface area (Å²) in [6.45, 7) is 6.06. The molecule has 18 heavy (non-hydrogen) atoms. The van der Waals surface area contributed by atoms with Gasteiger partial charge in [-0.05, 0) is 56.5 Å². The van der Waals surface area contributed by atoms with E-state index in [4.69, 9.17) is 4.74 Å². The molecule has 2 rings (SSSR count). The van der Waals surface area contributed by atoms with Crippen molar-refractivity contribution in [2.75, 3.05) is 13.2 Å². The molecule has 0 spiro atoms. The number of pyridine rings is 1. The predicted molar refractivity (Wildman–Crippen MR) is 73.3 cm³/mol. The molecule has 3 heteroatoms. The Morgan fingerprint density at radius 3 is 3.06 bits per heavy atom. The molecule has 0 radical (unpaired) electrons. The quantitative estimate of drug-likeness (QED) is 0.866. The van der Waals surface area contributed by atoms with Gasteiger partial charge in [0.05, 0.1) is 12.3 Å². The Labute approximate surface area is 109 Å². The van der Waals surface area contributed by atoms with Gasteiger partial charge in [0.1, 0.15) is 11.8 Å². The van der Waals surface area contributed by atoms with Crippen molar-refractivity contribution in [2.24, 2.45) is 0 Å². The van der Waals surface area contributed by atoms with Gasteiger partial charge < -0.3 is 10.1 Å². The molecule has 0 aliphatic carbocycles. The highest BCUT2D eigenvalue weighted by molar-refractivity contribution is 5.23. The van der Waals surface area contributed by atoms with Crippen LogP contribution in [0, 0.1) is 6.92 Å². The summed E-state index contributed by atoms with van der Waals surface area (Å²) in [5.74, 6) is 1.04. The lowest BCUT2D eigenvalue weighted by molar-refractivity contribution is 0.166. The van der Waals surface area contributed by atoms with Gasteiger partial charge in [0.15, 0.2) is 0 Å². The molecule has 1 aliphatic heterocycles. The lowest BCUT2D eigenvalue weighted by Gasteiger charge is -2.24. The summed E-state index contributed by atoms with van der Waals surface area (Å²) in [7, 11) is 0. The Morgan fingerprint density at radius 2 is 2.39 bits per heavy atom. The van der Waals surface area contributed by atoms with Crippen LogP contribution in [-0.4, -0.2) is 18.1 Å². The zero-order chi connectivity index (χ0) is 12.8. The standard InChI is InChI=1S/C15H22N2O/c1-3-8-17-15(14-6-4-5-10-18-14)13-11-12(2)7-9-16-13/h6-7,9,11,15,17H,3-5,8,10H2,1-2H3. The van der Waals surface area contributed by atoms with Crippen LogP contribution in [0.2, 0.25) is 0 Å². The molecular formula is C15H22N2O. The molecule has 0 aromatic carbocycles. The number of aromatic nitrogens is 1. The van der Waals surface area contributed by atoms with Crippen molar-refractivity contribution in [1.29, 1.82) is 0 Å². The van der Waals surface area contributed by atoms with Gasteiger partial charge in [-0.15, -0.1) is 0 Å². The molecule has 2 heterocycles. The van der Waals surface area contributed by atoms with E-state index in [-0.39, 0.29) is 6.04 Å². The molecule has 0 saturated heterocycles. The van der Waals surface area contributed by atoms with E-state index in [0.717, 1.165) is 43.9 Å². The van der Waals surface area contributed by atoms with Crippen molar-refractivity contribution in [2.45, 2.75) is 39.2 Å². The van der Waals surface area contributed by atoms with Crippen molar-refractivity contribution in [3.05, 3.63) is 41.4 Å². The first kappa shape index (κ1) is 13.1. The minimum Gasteiger partial charge on any atom is -0.496 e. The van der Waals surface area contributed by atoms with E-state index >= 15 is 0 Å². The van der Waals surface area contributed by atoms with Crippen LogP contribution in [0.5, 0.6) is 0 Å². The van der Waals surface area contributed by atoms with Gasteiger partial charge >= 0.3 is 0 Å². The van der Waals surface area contributed by atoms with Crippen LogP contribution in [0.15, 0.2) is 30.2 Å². The molecule has 98 valence electrons. The summed E-state index contributed by atoms with van der Waals surface area (Å²) in [4.78, 5) is 4.48. The second-order valence-corrected chi connectivity index (χ2v) is 4.74. The number of hydrogen-bond acceptors (Lipinski definition) is 3. The van der Waals surface area contributed by atoms with Gasteiger partial charge in [-0.25, -0.2) is 0 Å². The fraction of sp³-hybridized carbons (Fsp3) is 0.533. The first-order valence-electron chi connectivity index (χ1n) is 6.80. The number of allylic oxidation sites excluding steroid dienone is 1. The van der Waals surface area contributed by atoms with E-state index in [9.17, 15) is 0 Å². The van der Waals surface area contributed by atoms with Crippen LogP contribution in [0.25, 0.3) is 0 Å². The number of rotatable bonds is 5. The van der Waals surface area contributed by atoms with Gasteiger partial charge in [0.2, 0.25) is 0 Å². The van der Waals surface area contributed by atoms with Crippen molar-refractivity contribution in [3.8, 4) is 0 Å². The molecule has 0 bridgehead atoms. The zero-order valence-electron chi connectivity index (χ0n) is 11.3. The molecule has 0 amide bonds. The van der Waals surface area contributed by atoms with Crippen LogP contribution in [0.1, 0.15) is 43.5 Å². The van der Waals surface area contributed by atoms with Crippen LogP contribution in [0.4, 0.5) is 0 Å². The SMILES string of the molecule is CCCNC(C1=CCCCO1)c1cc(C)ccn1. The molecule has 1 N–H and O–H groups in total. The molecule has 1 unspecified atom stereocenters. The Bertz CT molecular complexity index is 415. The fourth-order valence-electron chi connectivity index (χ4n) is 2.13. The Kier molecular flexibility index (Phi) is 4.76. The number of ether oxygens (including phenoxy) is 1. The molecule has 1 aromatic rings. The van der Waals surface area contributed by atoms with Gasteiger partial charge in [-0.1, -0.05) is 6.92 Å². The third kappa shape index (κ3) is 3.33. The molecule has 0 fully saturated rings. The topological polar surface area (TPSA) is 34.1 Å². The minimum atomic E-state index is 0.102. The molecule has 1 atom stereocenters. The van der Waals surface area contributed by atoms with E-state index in [1.54, 1.807) is 0 Å². The van der Waals surface area contributed by atoms with Gasteiger partial charge in [0.25, 0.3) is 0 Å². The molecule has 1 aromatic heterocycles. The van der Waals surface area contributed by atoms with E-state index in [1.807, 2.05) is 12.3 Å². The molecule has 3 nitrogen and oxygen atoms in total. The third-order valence-corrected chi connectivity index (χ3v) is 3.08. The highest BCUT2D eigenvalue weighted by Crippen LogP contribution is 2.25. The lowest BCUT2D eigenvalue weighted by atomic mass is 10.1. The molecule has 0 saturated carbocycles. The van der Waals surface area contributed by atoms with Crippen LogP contribution in [0.3, 0.4) is 0 Å². The smallest absolute Gasteiger partial charge is 0.115 e. The fourth-order valence-corrected chi connectivity index (χ4v) is 2.13. The summed E-state index contributed by atoms with van der Waals surface area (Å²) >= 11 is 0. The summed E-state index contributed by atoms with van der Waals surface area (Å²) in [6.07, 6.45) is 7.39. The summed E-state index contributed by atoms with van der Waals surface area (Å²) < 4.78 is 5.79.